The summed E-state index contributed by atoms with van der Waals surface area (Å²) in [6.45, 7) is 1.65. The number of aliphatic hydroxyl groups is 2. The largest absolute Gasteiger partial charge is 0.393 e. The minimum absolute atomic E-state index is 0.0125. The summed E-state index contributed by atoms with van der Waals surface area (Å²) in [5.41, 5.74) is -0.904. The maximum atomic E-state index is 12.6. The molecule has 2 saturated carbocycles. The van der Waals surface area contributed by atoms with Crippen molar-refractivity contribution in [2.75, 3.05) is 0 Å². The molecule has 104 valence electrons. The fraction of sp³-hybridized carbons (Fsp3) is 0.733. The van der Waals surface area contributed by atoms with Gasteiger partial charge < -0.3 is 10.2 Å². The molecule has 0 spiro atoms. The van der Waals surface area contributed by atoms with Crippen molar-refractivity contribution < 1.29 is 19.8 Å². The van der Waals surface area contributed by atoms with Gasteiger partial charge in [0.25, 0.3) is 0 Å². The molecule has 0 aromatic heterocycles. The molecule has 2 N–H and O–H groups in total. The monoisotopic (exact) mass is 264 g/mol. The predicted octanol–water partition coefficient (Wildman–Crippen LogP) is 0.859. The second kappa shape index (κ2) is 4.25. The molecule has 0 aliphatic heterocycles. The molecule has 19 heavy (non-hydrogen) atoms. The maximum absolute atomic E-state index is 12.6. The van der Waals surface area contributed by atoms with Crippen LogP contribution in [0.2, 0.25) is 0 Å². The van der Waals surface area contributed by atoms with Gasteiger partial charge in [-0.05, 0) is 44.1 Å². The number of carbonyl (C=O) groups excluding carboxylic acids is 2. The number of Topliss-reactive ketones (excluding diaryl/α,β-unsaturated/α-hetero) is 1. The van der Waals surface area contributed by atoms with Crippen molar-refractivity contribution in [1.29, 1.82) is 0 Å². The van der Waals surface area contributed by atoms with E-state index in [9.17, 15) is 19.8 Å². The molecule has 2 bridgehead atoms. The molecular formula is C15H20O4. The predicted molar refractivity (Wildman–Crippen MR) is 68.2 cm³/mol. The van der Waals surface area contributed by atoms with E-state index in [4.69, 9.17) is 0 Å². The van der Waals surface area contributed by atoms with E-state index in [2.05, 4.69) is 0 Å². The molecule has 0 aromatic carbocycles. The Kier molecular flexibility index (Phi) is 2.91. The van der Waals surface area contributed by atoms with Gasteiger partial charge in [0, 0.05) is 12.3 Å². The van der Waals surface area contributed by atoms with Gasteiger partial charge in [0.2, 0.25) is 0 Å². The highest BCUT2D eigenvalue weighted by atomic mass is 16.3. The van der Waals surface area contributed by atoms with Crippen LogP contribution >= 0.6 is 0 Å². The summed E-state index contributed by atoms with van der Waals surface area (Å²) in [6, 6.07) is 0. The smallest absolute Gasteiger partial charge is 0.169 e. The third-order valence-electron chi connectivity index (χ3n) is 5.32. The van der Waals surface area contributed by atoms with Crippen LogP contribution in [0.15, 0.2) is 12.2 Å². The summed E-state index contributed by atoms with van der Waals surface area (Å²) in [5.74, 6) is -0.180. The van der Waals surface area contributed by atoms with Crippen molar-refractivity contribution in [1.82, 2.24) is 0 Å². The fourth-order valence-corrected chi connectivity index (χ4v) is 4.50. The maximum Gasteiger partial charge on any atom is 0.169 e. The molecule has 0 saturated heterocycles. The summed E-state index contributed by atoms with van der Waals surface area (Å²) in [5, 5.41) is 19.3. The highest BCUT2D eigenvalue weighted by Gasteiger charge is 2.68. The summed E-state index contributed by atoms with van der Waals surface area (Å²) in [6.07, 6.45) is 4.46. The molecule has 3 rings (SSSR count). The Bertz CT molecular complexity index is 453. The first-order valence-corrected chi connectivity index (χ1v) is 7.10. The molecule has 0 aromatic rings. The van der Waals surface area contributed by atoms with Crippen LogP contribution in [0, 0.1) is 23.2 Å². The number of allylic oxidation sites excluding steroid dienone is 2. The zero-order valence-electron chi connectivity index (χ0n) is 11.1. The van der Waals surface area contributed by atoms with E-state index in [0.717, 1.165) is 6.42 Å². The first kappa shape index (κ1) is 13.0. The van der Waals surface area contributed by atoms with Gasteiger partial charge in [-0.25, -0.2) is 0 Å². The van der Waals surface area contributed by atoms with E-state index in [0.29, 0.717) is 12.8 Å². The minimum atomic E-state index is -0.904. The third kappa shape index (κ3) is 1.59. The van der Waals surface area contributed by atoms with Gasteiger partial charge in [-0.3, -0.25) is 9.59 Å². The summed E-state index contributed by atoms with van der Waals surface area (Å²) < 4.78 is 0. The minimum Gasteiger partial charge on any atom is -0.393 e. The molecule has 0 radical (unpaired) electrons. The highest BCUT2D eigenvalue weighted by Crippen LogP contribution is 2.63. The highest BCUT2D eigenvalue weighted by molar-refractivity contribution is 6.15. The lowest BCUT2D eigenvalue weighted by atomic mass is 9.63. The molecule has 3 aliphatic rings. The number of rotatable bonds is 4. The normalized spacial score (nSPS) is 44.7. The van der Waals surface area contributed by atoms with Gasteiger partial charge in [-0.2, -0.15) is 0 Å². The van der Waals surface area contributed by atoms with Crippen molar-refractivity contribution in [2.24, 2.45) is 23.2 Å². The number of aliphatic hydroxyl groups excluding tert-OH is 2. The Balaban J connectivity index is 1.89. The molecule has 0 amide bonds. The molecule has 6 unspecified atom stereocenters. The van der Waals surface area contributed by atoms with Crippen molar-refractivity contribution >= 4 is 11.6 Å². The van der Waals surface area contributed by atoms with Crippen LogP contribution in [-0.4, -0.2) is 34.0 Å². The topological polar surface area (TPSA) is 74.6 Å². The average Bonchev–Trinajstić information content (AvgIpc) is 2.97. The van der Waals surface area contributed by atoms with Gasteiger partial charge in [0.1, 0.15) is 11.2 Å². The van der Waals surface area contributed by atoms with E-state index in [1.807, 2.05) is 6.08 Å². The van der Waals surface area contributed by atoms with Crippen molar-refractivity contribution in [3.05, 3.63) is 12.2 Å². The lowest BCUT2D eigenvalue weighted by molar-refractivity contribution is -0.145. The van der Waals surface area contributed by atoms with Crippen LogP contribution in [0.3, 0.4) is 0 Å². The molecule has 3 aliphatic carbocycles. The Morgan fingerprint density at radius 2 is 2.26 bits per heavy atom. The zero-order valence-corrected chi connectivity index (χ0v) is 11.1. The number of hydrogen-bond acceptors (Lipinski definition) is 4. The van der Waals surface area contributed by atoms with Crippen LogP contribution in [-0.2, 0) is 9.59 Å². The number of carbonyl (C=O) groups is 2. The first-order valence-electron chi connectivity index (χ1n) is 7.10. The van der Waals surface area contributed by atoms with Gasteiger partial charge >= 0.3 is 0 Å². The van der Waals surface area contributed by atoms with Crippen LogP contribution in [0.5, 0.6) is 0 Å². The Morgan fingerprint density at radius 1 is 1.53 bits per heavy atom. The second-order valence-corrected chi connectivity index (χ2v) is 6.33. The summed E-state index contributed by atoms with van der Waals surface area (Å²) in [7, 11) is 0. The van der Waals surface area contributed by atoms with Gasteiger partial charge in [-0.15, -0.1) is 0 Å². The molecule has 2 fully saturated rings. The van der Waals surface area contributed by atoms with Crippen LogP contribution in [0.25, 0.3) is 0 Å². The SMILES string of the molecule is CC(O)CCC(=O)C12C(=O)C=CC1C1CC2CC1O. The van der Waals surface area contributed by atoms with E-state index in [-0.39, 0.29) is 41.8 Å². The number of fused-ring (bicyclic) bond motifs is 5. The summed E-state index contributed by atoms with van der Waals surface area (Å²) in [4.78, 5) is 24.9. The Morgan fingerprint density at radius 3 is 2.95 bits per heavy atom. The van der Waals surface area contributed by atoms with E-state index >= 15 is 0 Å². The second-order valence-electron chi connectivity index (χ2n) is 6.33. The Labute approximate surface area is 112 Å². The molecule has 6 atom stereocenters. The van der Waals surface area contributed by atoms with Crippen molar-refractivity contribution in [3.63, 3.8) is 0 Å². The van der Waals surface area contributed by atoms with E-state index in [1.54, 1.807) is 6.92 Å². The Hall–Kier alpha value is -1.00. The summed E-state index contributed by atoms with van der Waals surface area (Å²) >= 11 is 0. The average molecular weight is 264 g/mol. The standard InChI is InChI=1S/C15H20O4/c1-8(16)2-4-13(18)15-9-6-10(12(17)7-9)11(15)3-5-14(15)19/h3,5,8-12,16-17H,2,4,6-7H2,1H3. The number of ketones is 2. The zero-order chi connectivity index (χ0) is 13.8. The first-order chi connectivity index (χ1) is 8.97. The van der Waals surface area contributed by atoms with Gasteiger partial charge in [-0.1, -0.05) is 6.08 Å². The fourth-order valence-electron chi connectivity index (χ4n) is 4.50. The van der Waals surface area contributed by atoms with Crippen LogP contribution in [0.4, 0.5) is 0 Å². The molecule has 4 nitrogen and oxygen atoms in total. The van der Waals surface area contributed by atoms with E-state index < -0.39 is 11.5 Å². The van der Waals surface area contributed by atoms with Crippen LogP contribution in [0.1, 0.15) is 32.6 Å². The van der Waals surface area contributed by atoms with Gasteiger partial charge in [0.05, 0.1) is 12.2 Å². The molecular weight excluding hydrogens is 244 g/mol. The lowest BCUT2D eigenvalue weighted by Crippen LogP contribution is -2.48. The lowest BCUT2D eigenvalue weighted by Gasteiger charge is -2.38. The number of hydrogen-bond donors (Lipinski definition) is 2. The van der Waals surface area contributed by atoms with E-state index in [1.165, 1.54) is 6.08 Å². The molecule has 0 heterocycles. The van der Waals surface area contributed by atoms with Gasteiger partial charge in [0.15, 0.2) is 5.78 Å². The third-order valence-corrected chi connectivity index (χ3v) is 5.32. The van der Waals surface area contributed by atoms with Crippen molar-refractivity contribution in [3.8, 4) is 0 Å². The van der Waals surface area contributed by atoms with Crippen LogP contribution < -0.4 is 0 Å². The quantitative estimate of drug-likeness (QED) is 0.738. The van der Waals surface area contributed by atoms with Crippen molar-refractivity contribution in [2.45, 2.75) is 44.8 Å². The molecule has 4 heteroatoms.